The molecule has 0 aliphatic carbocycles. The predicted octanol–water partition coefficient (Wildman–Crippen LogP) is -1.36. The molecule has 0 atom stereocenters. The Morgan fingerprint density at radius 1 is 1.00 bits per heavy atom. The van der Waals surface area contributed by atoms with Gasteiger partial charge in [-0.25, -0.2) is 0 Å². The van der Waals surface area contributed by atoms with Crippen LogP contribution in [0.2, 0.25) is 0 Å². The molecule has 3 N–H and O–H groups in total. The molecule has 1 aromatic rings. The largest absolute Gasteiger partial charge is 0.794 e. The highest BCUT2D eigenvalue weighted by atomic mass is 28.4. The Bertz CT molecular complexity index is 272. The second-order valence-corrected chi connectivity index (χ2v) is 5.07. The zero-order valence-corrected chi connectivity index (χ0v) is 10.1. The first-order valence-corrected chi connectivity index (χ1v) is 6.10. The van der Waals surface area contributed by atoms with Crippen molar-refractivity contribution in [1.29, 1.82) is 0 Å². The minimum absolute atomic E-state index is 0.890. The monoisotopic (exact) mass is 231 g/mol. The molecule has 0 spiro atoms. The van der Waals surface area contributed by atoms with Crippen LogP contribution >= 0.6 is 0 Å². The third-order valence-electron chi connectivity index (χ3n) is 1.53. The van der Waals surface area contributed by atoms with Gasteiger partial charge in [-0.1, -0.05) is 18.2 Å². The second kappa shape index (κ2) is 5.36. The lowest BCUT2D eigenvalue weighted by molar-refractivity contribution is -0.295. The van der Waals surface area contributed by atoms with Gasteiger partial charge in [-0.3, -0.25) is 4.48 Å². The average molecular weight is 231 g/mol. The molecule has 0 radical (unpaired) electrons. The van der Waals surface area contributed by atoms with Crippen LogP contribution in [-0.2, 0) is 0 Å². The van der Waals surface area contributed by atoms with Gasteiger partial charge in [-0.05, 0) is 12.1 Å². The molecule has 0 amide bonds. The van der Waals surface area contributed by atoms with Gasteiger partial charge < -0.3 is 19.2 Å². The summed E-state index contributed by atoms with van der Waals surface area (Å²) in [7, 11) is 1.63. The van der Waals surface area contributed by atoms with Gasteiger partial charge in [0, 0.05) is 0 Å². The summed E-state index contributed by atoms with van der Waals surface area (Å²) < 4.78 is 0.890. The highest BCUT2D eigenvalue weighted by Gasteiger charge is 2.08. The molecule has 0 aromatic heterocycles. The lowest BCUT2D eigenvalue weighted by Gasteiger charge is -2.22. The van der Waals surface area contributed by atoms with Crippen LogP contribution in [0.4, 0.5) is 5.69 Å². The van der Waals surface area contributed by atoms with E-state index in [-0.39, 0.29) is 0 Å². The molecule has 0 saturated carbocycles. The van der Waals surface area contributed by atoms with E-state index in [9.17, 15) is 0 Å². The van der Waals surface area contributed by atoms with Crippen molar-refractivity contribution < 1.29 is 19.2 Å². The van der Waals surface area contributed by atoms with Crippen LogP contribution in [0.1, 0.15) is 0 Å². The molecule has 0 fully saturated rings. The molecular weight excluding hydrogens is 214 g/mol. The van der Waals surface area contributed by atoms with E-state index in [4.69, 9.17) is 19.2 Å². The third kappa shape index (κ3) is 9.54. The topological polar surface area (TPSA) is 83.8 Å². The molecule has 1 aromatic carbocycles. The predicted molar refractivity (Wildman–Crippen MR) is 58.4 cm³/mol. The van der Waals surface area contributed by atoms with Crippen LogP contribution in [0.3, 0.4) is 0 Å². The number of quaternary nitrogens is 1. The number of nitrogens with zero attached hydrogens (tertiary/aromatic N) is 1. The van der Waals surface area contributed by atoms with Gasteiger partial charge in [0.25, 0.3) is 0 Å². The summed E-state index contributed by atoms with van der Waals surface area (Å²) in [4.78, 5) is 30.6. The molecule has 6 heteroatoms. The van der Waals surface area contributed by atoms with Crippen LogP contribution in [0, 0.1) is 0 Å². The molecule has 0 heterocycles. The van der Waals surface area contributed by atoms with Gasteiger partial charge in [-0.15, -0.1) is 0 Å². The molecule has 1 rings (SSSR count). The quantitative estimate of drug-likeness (QED) is 0.412. The Kier molecular flexibility index (Phi) is 5.08. The first kappa shape index (κ1) is 14.2. The van der Waals surface area contributed by atoms with Crippen molar-refractivity contribution in [3.05, 3.63) is 30.3 Å². The normalized spacial score (nSPS) is 11.7. The molecule has 0 unspecified atom stereocenters. The van der Waals surface area contributed by atoms with E-state index in [1.165, 1.54) is 5.69 Å². The molecular formula is C9H17NO4Si. The maximum Gasteiger partial charge on any atom is 0.404 e. The third-order valence-corrected chi connectivity index (χ3v) is 1.53. The SMILES string of the molecule is C[N+](C)(C)c1ccccc1.[O-][Si](O)(O)O. The van der Waals surface area contributed by atoms with E-state index in [1.54, 1.807) is 0 Å². The molecule has 0 saturated heterocycles. The van der Waals surface area contributed by atoms with E-state index < -0.39 is 9.05 Å². The Morgan fingerprint density at radius 2 is 1.33 bits per heavy atom. The van der Waals surface area contributed by atoms with Crippen molar-refractivity contribution in [2.75, 3.05) is 21.1 Å². The van der Waals surface area contributed by atoms with E-state index in [2.05, 4.69) is 45.4 Å². The average Bonchev–Trinajstić information content (AvgIpc) is 2.01. The Labute approximate surface area is 90.6 Å². The maximum absolute atomic E-state index is 8.91. The first-order valence-electron chi connectivity index (χ1n) is 4.35. The Hall–Kier alpha value is -0.763. The van der Waals surface area contributed by atoms with Gasteiger partial charge in [0.05, 0.1) is 21.1 Å². The number of rotatable bonds is 1. The van der Waals surface area contributed by atoms with Gasteiger partial charge in [0.2, 0.25) is 0 Å². The van der Waals surface area contributed by atoms with Crippen LogP contribution in [0.15, 0.2) is 30.3 Å². The number of para-hydroxylation sites is 1. The van der Waals surface area contributed by atoms with Crippen LogP contribution in [0.5, 0.6) is 0 Å². The Morgan fingerprint density at radius 3 is 1.53 bits per heavy atom. The molecule has 0 bridgehead atoms. The minimum Gasteiger partial charge on any atom is -0.794 e. The summed E-state index contributed by atoms with van der Waals surface area (Å²) in [5.41, 5.74) is 1.34. The summed E-state index contributed by atoms with van der Waals surface area (Å²) in [6, 6.07) is 10.5. The standard InChI is InChI=1S/C9H14N.H3O4Si/c1-10(2,3)9-7-5-4-6-8-9;1-5(2,3)4/h4-8H,1-3H3;1-3H/q+1;-1. The lowest BCUT2D eigenvalue weighted by atomic mass is 10.3. The van der Waals surface area contributed by atoms with E-state index in [0.29, 0.717) is 0 Å². The van der Waals surface area contributed by atoms with Gasteiger partial charge in [0.1, 0.15) is 5.69 Å². The molecule has 86 valence electrons. The summed E-state index contributed by atoms with van der Waals surface area (Å²) in [6.45, 7) is 0. The van der Waals surface area contributed by atoms with Crippen molar-refractivity contribution >= 4 is 14.7 Å². The summed E-state index contributed by atoms with van der Waals surface area (Å²) in [5.74, 6) is 0. The highest BCUT2D eigenvalue weighted by Crippen LogP contribution is 2.14. The van der Waals surface area contributed by atoms with E-state index in [1.807, 2.05) is 6.07 Å². The van der Waals surface area contributed by atoms with Crippen LogP contribution in [-0.4, -0.2) is 44.6 Å². The number of hydrogen-bond acceptors (Lipinski definition) is 4. The maximum atomic E-state index is 8.91. The van der Waals surface area contributed by atoms with Crippen molar-refractivity contribution in [1.82, 2.24) is 4.48 Å². The zero-order valence-electron chi connectivity index (χ0n) is 9.08. The Balaban J connectivity index is 0.000000336. The fraction of sp³-hybridized carbons (Fsp3) is 0.333. The minimum atomic E-state index is -4.86. The summed E-state index contributed by atoms with van der Waals surface area (Å²) in [6.07, 6.45) is 0. The van der Waals surface area contributed by atoms with Crippen molar-refractivity contribution in [2.24, 2.45) is 0 Å². The lowest BCUT2D eigenvalue weighted by Crippen LogP contribution is -2.50. The van der Waals surface area contributed by atoms with E-state index >= 15 is 0 Å². The second-order valence-electron chi connectivity index (χ2n) is 3.92. The highest BCUT2D eigenvalue weighted by molar-refractivity contribution is 6.44. The van der Waals surface area contributed by atoms with Crippen molar-refractivity contribution in [3.8, 4) is 0 Å². The number of benzene rings is 1. The van der Waals surface area contributed by atoms with E-state index in [0.717, 1.165) is 4.48 Å². The fourth-order valence-corrected chi connectivity index (χ4v) is 0.875. The molecule has 0 aliphatic heterocycles. The number of hydrogen-bond donors (Lipinski definition) is 3. The van der Waals surface area contributed by atoms with Gasteiger partial charge in [-0.2, -0.15) is 0 Å². The van der Waals surface area contributed by atoms with Crippen LogP contribution < -0.4 is 9.28 Å². The molecule has 0 aliphatic rings. The fourth-order valence-electron chi connectivity index (χ4n) is 0.875. The van der Waals surface area contributed by atoms with Gasteiger partial charge in [0.15, 0.2) is 0 Å². The summed E-state index contributed by atoms with van der Waals surface area (Å²) >= 11 is 0. The first-order chi connectivity index (χ1) is 6.61. The molecule has 15 heavy (non-hydrogen) atoms. The zero-order chi connectivity index (χ0) is 12.1. The molecule has 5 nitrogen and oxygen atoms in total. The smallest absolute Gasteiger partial charge is 0.404 e. The summed E-state index contributed by atoms with van der Waals surface area (Å²) in [5, 5.41) is 0. The van der Waals surface area contributed by atoms with Crippen LogP contribution in [0.25, 0.3) is 0 Å². The van der Waals surface area contributed by atoms with Crippen molar-refractivity contribution in [3.63, 3.8) is 0 Å². The van der Waals surface area contributed by atoms with Gasteiger partial charge >= 0.3 is 9.05 Å². The van der Waals surface area contributed by atoms with Crippen molar-refractivity contribution in [2.45, 2.75) is 0 Å².